The molecule has 0 bridgehead atoms. The average molecular weight is 260 g/mol. The molecule has 0 aromatic heterocycles. The summed E-state index contributed by atoms with van der Waals surface area (Å²) in [5, 5.41) is 20.0. The van der Waals surface area contributed by atoms with Gasteiger partial charge >= 0.3 is 0 Å². The molecule has 0 radical (unpaired) electrons. The first-order valence-corrected chi connectivity index (χ1v) is 6.11. The molecule has 0 fully saturated rings. The lowest BCUT2D eigenvalue weighted by atomic mass is 10.1. The van der Waals surface area contributed by atoms with E-state index < -0.39 is 0 Å². The fraction of sp³-hybridized carbons (Fsp3) is 0.286. The van der Waals surface area contributed by atoms with Crippen LogP contribution in [-0.2, 0) is 6.54 Å². The summed E-state index contributed by atoms with van der Waals surface area (Å²) in [6.07, 6.45) is 8.12. The highest BCUT2D eigenvalue weighted by molar-refractivity contribution is 5.52. The summed E-state index contributed by atoms with van der Waals surface area (Å²) in [4.78, 5) is 4.08. The second-order valence-corrected chi connectivity index (χ2v) is 4.71. The van der Waals surface area contributed by atoms with Crippen molar-refractivity contribution in [3.63, 3.8) is 0 Å². The zero-order valence-electron chi connectivity index (χ0n) is 11.1. The molecule has 5 nitrogen and oxygen atoms in total. The van der Waals surface area contributed by atoms with E-state index in [1.54, 1.807) is 12.1 Å². The van der Waals surface area contributed by atoms with Gasteiger partial charge in [0.25, 0.3) is 0 Å². The molecule has 1 aliphatic rings. The van der Waals surface area contributed by atoms with Gasteiger partial charge in [0.15, 0.2) is 0 Å². The predicted octanol–water partition coefficient (Wildman–Crippen LogP) is 2.15. The molecule has 0 saturated heterocycles. The predicted molar refractivity (Wildman–Crippen MR) is 75.4 cm³/mol. The van der Waals surface area contributed by atoms with E-state index >= 15 is 0 Å². The van der Waals surface area contributed by atoms with Crippen LogP contribution in [0, 0.1) is 5.21 Å². The molecule has 0 saturated carbocycles. The highest BCUT2D eigenvalue weighted by Crippen LogP contribution is 2.21. The standard InChI is InChI=1S/C14H18N3O2/c1-15(2)13-7-9-16(10-8-13)11-12-5-3-4-6-14(12)17(18)19/h3-10,13,18H,11H2,1-2H3/q-1. The molecule has 19 heavy (non-hydrogen) atoms. The summed E-state index contributed by atoms with van der Waals surface area (Å²) in [6.45, 7) is 0.544. The van der Waals surface area contributed by atoms with Gasteiger partial charge in [0.1, 0.15) is 0 Å². The van der Waals surface area contributed by atoms with E-state index in [1.807, 2.05) is 43.5 Å². The molecule has 0 aliphatic carbocycles. The van der Waals surface area contributed by atoms with Crippen molar-refractivity contribution in [2.24, 2.45) is 0 Å². The molecular formula is C14H18N3O2-. The quantitative estimate of drug-likeness (QED) is 0.841. The second kappa shape index (κ2) is 5.88. The monoisotopic (exact) mass is 260 g/mol. The van der Waals surface area contributed by atoms with Crippen molar-refractivity contribution in [2.45, 2.75) is 12.6 Å². The maximum atomic E-state index is 11.1. The lowest BCUT2D eigenvalue weighted by Gasteiger charge is -2.28. The van der Waals surface area contributed by atoms with Gasteiger partial charge in [-0.2, -0.15) is 0 Å². The highest BCUT2D eigenvalue weighted by Gasteiger charge is 2.10. The molecule has 1 aliphatic heterocycles. The van der Waals surface area contributed by atoms with Gasteiger partial charge in [-0.3, -0.25) is 10.1 Å². The summed E-state index contributed by atoms with van der Waals surface area (Å²) < 4.78 is 0. The summed E-state index contributed by atoms with van der Waals surface area (Å²) in [5.74, 6) is 0. The van der Waals surface area contributed by atoms with Crippen LogP contribution in [0.3, 0.4) is 0 Å². The molecule has 1 heterocycles. The number of benzene rings is 1. The molecule has 0 spiro atoms. The smallest absolute Gasteiger partial charge is 0.0558 e. The van der Waals surface area contributed by atoms with Crippen molar-refractivity contribution in [3.8, 4) is 0 Å². The average Bonchev–Trinajstić information content (AvgIpc) is 2.39. The minimum Gasteiger partial charge on any atom is -0.733 e. The first kappa shape index (κ1) is 13.6. The van der Waals surface area contributed by atoms with Gasteiger partial charge < -0.3 is 15.3 Å². The van der Waals surface area contributed by atoms with E-state index in [4.69, 9.17) is 5.21 Å². The topological polar surface area (TPSA) is 53.0 Å². The van der Waals surface area contributed by atoms with Crippen molar-refractivity contribution in [3.05, 3.63) is 59.6 Å². The molecule has 102 valence electrons. The molecular weight excluding hydrogens is 242 g/mol. The Morgan fingerprint density at radius 3 is 2.42 bits per heavy atom. The van der Waals surface area contributed by atoms with Crippen molar-refractivity contribution < 1.29 is 5.21 Å². The number of hydrogen-bond donors (Lipinski definition) is 1. The SMILES string of the molecule is CN(C)C1C=CN(Cc2ccccc2N([O-])O)C=C1. The number of hydrogen-bond acceptors (Lipinski definition) is 5. The number of likely N-dealkylation sites (N-methyl/N-ethyl adjacent to an activating group) is 1. The first-order valence-electron chi connectivity index (χ1n) is 6.11. The maximum Gasteiger partial charge on any atom is 0.0558 e. The number of anilines is 1. The fourth-order valence-corrected chi connectivity index (χ4v) is 1.99. The molecule has 0 unspecified atom stereocenters. The minimum absolute atomic E-state index is 0.0880. The van der Waals surface area contributed by atoms with Crippen LogP contribution in [0.25, 0.3) is 0 Å². The van der Waals surface area contributed by atoms with Crippen LogP contribution in [0.1, 0.15) is 5.56 Å². The molecule has 5 heteroatoms. The van der Waals surface area contributed by atoms with Crippen LogP contribution in [0.4, 0.5) is 5.69 Å². The Labute approximate surface area is 113 Å². The van der Waals surface area contributed by atoms with E-state index in [0.717, 1.165) is 5.56 Å². The third-order valence-corrected chi connectivity index (χ3v) is 3.10. The number of rotatable bonds is 4. The largest absolute Gasteiger partial charge is 0.733 e. The number of nitrogens with zero attached hydrogens (tertiary/aromatic N) is 3. The van der Waals surface area contributed by atoms with Crippen LogP contribution in [0.15, 0.2) is 48.8 Å². The van der Waals surface area contributed by atoms with E-state index in [-0.39, 0.29) is 10.9 Å². The Hall–Kier alpha value is -1.82. The van der Waals surface area contributed by atoms with E-state index in [1.165, 1.54) is 0 Å². The van der Waals surface area contributed by atoms with Gasteiger partial charge in [0.05, 0.1) is 5.69 Å². The van der Waals surface area contributed by atoms with Gasteiger partial charge in [-0.15, -0.1) is 0 Å². The lowest BCUT2D eigenvalue weighted by Crippen LogP contribution is -2.27. The normalized spacial score (nSPS) is 15.3. The van der Waals surface area contributed by atoms with Crippen LogP contribution >= 0.6 is 0 Å². The van der Waals surface area contributed by atoms with Gasteiger partial charge in [-0.05, 0) is 37.9 Å². The summed E-state index contributed by atoms with van der Waals surface area (Å²) in [5.41, 5.74) is 1.05. The van der Waals surface area contributed by atoms with Crippen LogP contribution in [-0.4, -0.2) is 35.1 Å². The Balaban J connectivity index is 2.08. The first-order chi connectivity index (χ1) is 9.08. The van der Waals surface area contributed by atoms with Crippen LogP contribution in [0.2, 0.25) is 0 Å². The van der Waals surface area contributed by atoms with Gasteiger partial charge in [0.2, 0.25) is 0 Å². The molecule has 1 N–H and O–H groups in total. The van der Waals surface area contributed by atoms with Gasteiger partial charge in [-0.1, -0.05) is 18.2 Å². The maximum absolute atomic E-state index is 11.1. The molecule has 0 amide bonds. The van der Waals surface area contributed by atoms with E-state index in [2.05, 4.69) is 17.1 Å². The van der Waals surface area contributed by atoms with Crippen LogP contribution in [0.5, 0.6) is 0 Å². The van der Waals surface area contributed by atoms with Crippen LogP contribution < -0.4 is 5.23 Å². The van der Waals surface area contributed by atoms with Crippen molar-refractivity contribution in [1.29, 1.82) is 0 Å². The zero-order valence-corrected chi connectivity index (χ0v) is 11.1. The van der Waals surface area contributed by atoms with Crippen molar-refractivity contribution >= 4 is 5.69 Å². The number of para-hydroxylation sites is 1. The summed E-state index contributed by atoms with van der Waals surface area (Å²) in [7, 11) is 4.04. The van der Waals surface area contributed by atoms with Crippen molar-refractivity contribution in [1.82, 2.24) is 9.80 Å². The van der Waals surface area contributed by atoms with Crippen molar-refractivity contribution in [2.75, 3.05) is 19.3 Å². The zero-order chi connectivity index (χ0) is 13.8. The third-order valence-electron chi connectivity index (χ3n) is 3.10. The van der Waals surface area contributed by atoms with Gasteiger partial charge in [0, 0.05) is 25.0 Å². The van der Waals surface area contributed by atoms with E-state index in [0.29, 0.717) is 12.6 Å². The Kier molecular flexibility index (Phi) is 4.21. The van der Waals surface area contributed by atoms with Gasteiger partial charge in [-0.25, -0.2) is 0 Å². The molecule has 0 atom stereocenters. The fourth-order valence-electron chi connectivity index (χ4n) is 1.99. The van der Waals surface area contributed by atoms with E-state index in [9.17, 15) is 5.21 Å². The molecule has 1 aromatic rings. The Morgan fingerprint density at radius 2 is 1.84 bits per heavy atom. The summed E-state index contributed by atoms with van der Waals surface area (Å²) in [6, 6.07) is 7.30. The second-order valence-electron chi connectivity index (χ2n) is 4.71. The summed E-state index contributed by atoms with van der Waals surface area (Å²) >= 11 is 0. The Morgan fingerprint density at radius 1 is 1.21 bits per heavy atom. The minimum atomic E-state index is -0.0880. The lowest BCUT2D eigenvalue weighted by molar-refractivity contribution is 0.294. The molecule has 2 rings (SSSR count). The Bertz CT molecular complexity index is 469. The highest BCUT2D eigenvalue weighted by atomic mass is 16.8. The third kappa shape index (κ3) is 3.35. The molecule has 1 aromatic carbocycles.